The van der Waals surface area contributed by atoms with Crippen molar-refractivity contribution >= 4 is 34.8 Å². The zero-order valence-electron chi connectivity index (χ0n) is 14.7. The molecule has 0 spiro atoms. The summed E-state index contributed by atoms with van der Waals surface area (Å²) in [6, 6.07) is 10.3. The largest absolute Gasteiger partial charge is 0.486 e. The van der Waals surface area contributed by atoms with Crippen LogP contribution < -0.4 is 19.7 Å². The van der Waals surface area contributed by atoms with Crippen LogP contribution in [0.15, 0.2) is 36.4 Å². The van der Waals surface area contributed by atoms with Gasteiger partial charge in [0.05, 0.1) is 10.7 Å². The number of halogens is 1. The van der Waals surface area contributed by atoms with Crippen LogP contribution in [-0.2, 0) is 4.79 Å². The van der Waals surface area contributed by atoms with E-state index in [1.165, 1.54) is 0 Å². The molecule has 140 valence electrons. The highest BCUT2D eigenvalue weighted by atomic mass is 35.5. The molecule has 2 aromatic rings. The number of amides is 2. The van der Waals surface area contributed by atoms with E-state index in [2.05, 4.69) is 5.32 Å². The Morgan fingerprint density at radius 3 is 2.44 bits per heavy atom. The van der Waals surface area contributed by atoms with Gasteiger partial charge in [-0.2, -0.15) is 0 Å². The maximum atomic E-state index is 12.6. The molecular formula is C20H19ClN2O4. The molecule has 0 bridgehead atoms. The second-order valence-corrected chi connectivity index (χ2v) is 6.89. The standard InChI is InChI=1S/C20H19ClN2O4/c21-15-11-17-18(27-10-9-26-17)12-16(15)22-20(25)13-4-6-14(7-5-13)23-8-2-1-3-19(23)24/h4-7,11-12H,1-3,8-10H2,(H,22,25). The fourth-order valence-electron chi connectivity index (χ4n) is 3.23. The summed E-state index contributed by atoms with van der Waals surface area (Å²) in [4.78, 5) is 26.4. The highest BCUT2D eigenvalue weighted by Crippen LogP contribution is 2.38. The van der Waals surface area contributed by atoms with Crippen molar-refractivity contribution in [1.29, 1.82) is 0 Å². The van der Waals surface area contributed by atoms with Crippen molar-refractivity contribution in [1.82, 2.24) is 0 Å². The Balaban J connectivity index is 1.49. The van der Waals surface area contributed by atoms with Crippen LogP contribution in [0.2, 0.25) is 5.02 Å². The van der Waals surface area contributed by atoms with E-state index >= 15 is 0 Å². The fourth-order valence-corrected chi connectivity index (χ4v) is 3.43. The summed E-state index contributed by atoms with van der Waals surface area (Å²) >= 11 is 6.24. The first-order chi connectivity index (χ1) is 13.1. The van der Waals surface area contributed by atoms with Crippen molar-refractivity contribution in [3.63, 3.8) is 0 Å². The molecule has 2 aromatic carbocycles. The number of hydrogen-bond donors (Lipinski definition) is 1. The molecule has 1 fully saturated rings. The van der Waals surface area contributed by atoms with E-state index in [1.54, 1.807) is 41.3 Å². The molecule has 0 unspecified atom stereocenters. The maximum absolute atomic E-state index is 12.6. The number of carbonyl (C=O) groups is 2. The third-order valence-corrected chi connectivity index (χ3v) is 4.96. The third-order valence-electron chi connectivity index (χ3n) is 4.64. The number of rotatable bonds is 3. The van der Waals surface area contributed by atoms with E-state index in [9.17, 15) is 9.59 Å². The third kappa shape index (κ3) is 3.71. The Labute approximate surface area is 162 Å². The Morgan fingerprint density at radius 1 is 1.04 bits per heavy atom. The van der Waals surface area contributed by atoms with Gasteiger partial charge in [-0.3, -0.25) is 9.59 Å². The van der Waals surface area contributed by atoms with Gasteiger partial charge in [-0.05, 0) is 37.1 Å². The van der Waals surface area contributed by atoms with Gasteiger partial charge in [0.25, 0.3) is 5.91 Å². The Bertz CT molecular complexity index is 882. The van der Waals surface area contributed by atoms with E-state index < -0.39 is 0 Å². The van der Waals surface area contributed by atoms with Crippen LogP contribution in [0.3, 0.4) is 0 Å². The lowest BCUT2D eigenvalue weighted by Crippen LogP contribution is -2.35. The predicted octanol–water partition coefficient (Wildman–Crippen LogP) is 3.88. The first-order valence-electron chi connectivity index (χ1n) is 8.93. The first-order valence-corrected chi connectivity index (χ1v) is 9.30. The molecule has 0 aromatic heterocycles. The number of fused-ring (bicyclic) bond motifs is 1. The van der Waals surface area contributed by atoms with Crippen LogP contribution in [0.1, 0.15) is 29.6 Å². The van der Waals surface area contributed by atoms with Crippen molar-refractivity contribution < 1.29 is 19.1 Å². The number of nitrogens with one attached hydrogen (secondary N) is 1. The van der Waals surface area contributed by atoms with E-state index in [4.69, 9.17) is 21.1 Å². The lowest BCUT2D eigenvalue weighted by molar-refractivity contribution is -0.119. The summed E-state index contributed by atoms with van der Waals surface area (Å²) in [5, 5.41) is 3.18. The topological polar surface area (TPSA) is 67.9 Å². The minimum Gasteiger partial charge on any atom is -0.486 e. The molecule has 0 aliphatic carbocycles. The maximum Gasteiger partial charge on any atom is 0.255 e. The average Bonchev–Trinajstić information content (AvgIpc) is 2.69. The van der Waals surface area contributed by atoms with Gasteiger partial charge in [0.1, 0.15) is 13.2 Å². The van der Waals surface area contributed by atoms with Crippen molar-refractivity contribution in [3.05, 3.63) is 47.0 Å². The summed E-state index contributed by atoms with van der Waals surface area (Å²) < 4.78 is 11.0. The Kier molecular flexibility index (Phi) is 4.90. The SMILES string of the molecule is O=C(Nc1cc2c(cc1Cl)OCCO2)c1ccc(N2CCCCC2=O)cc1. The molecule has 7 heteroatoms. The van der Waals surface area contributed by atoms with Crippen molar-refractivity contribution in [3.8, 4) is 11.5 Å². The normalized spacial score (nSPS) is 16.2. The molecular weight excluding hydrogens is 368 g/mol. The molecule has 2 heterocycles. The number of piperidine rings is 1. The van der Waals surface area contributed by atoms with Crippen molar-refractivity contribution in [2.45, 2.75) is 19.3 Å². The van der Waals surface area contributed by atoms with E-state index in [-0.39, 0.29) is 11.8 Å². The monoisotopic (exact) mass is 386 g/mol. The first kappa shape index (κ1) is 17.7. The van der Waals surface area contributed by atoms with Gasteiger partial charge in [-0.1, -0.05) is 11.6 Å². The van der Waals surface area contributed by atoms with E-state index in [0.29, 0.717) is 47.4 Å². The molecule has 0 saturated carbocycles. The molecule has 0 atom stereocenters. The quantitative estimate of drug-likeness (QED) is 0.869. The van der Waals surface area contributed by atoms with Crippen LogP contribution in [-0.4, -0.2) is 31.6 Å². The van der Waals surface area contributed by atoms with Gasteiger partial charge in [-0.15, -0.1) is 0 Å². The van der Waals surface area contributed by atoms with Gasteiger partial charge >= 0.3 is 0 Å². The highest BCUT2D eigenvalue weighted by molar-refractivity contribution is 6.34. The lowest BCUT2D eigenvalue weighted by Gasteiger charge is -2.26. The van der Waals surface area contributed by atoms with E-state index in [0.717, 1.165) is 25.1 Å². The summed E-state index contributed by atoms with van der Waals surface area (Å²) in [5.74, 6) is 0.964. The lowest BCUT2D eigenvalue weighted by atomic mass is 10.1. The summed E-state index contributed by atoms with van der Waals surface area (Å²) in [7, 11) is 0. The summed E-state index contributed by atoms with van der Waals surface area (Å²) in [5.41, 5.74) is 1.75. The van der Waals surface area contributed by atoms with Gasteiger partial charge in [0.2, 0.25) is 5.91 Å². The number of ether oxygens (including phenoxy) is 2. The molecule has 2 amide bonds. The molecule has 6 nitrogen and oxygen atoms in total. The molecule has 1 saturated heterocycles. The second kappa shape index (κ2) is 7.48. The highest BCUT2D eigenvalue weighted by Gasteiger charge is 2.20. The number of anilines is 2. The van der Waals surface area contributed by atoms with Crippen molar-refractivity contribution in [2.75, 3.05) is 30.0 Å². The number of hydrogen-bond acceptors (Lipinski definition) is 4. The summed E-state index contributed by atoms with van der Waals surface area (Å²) in [6.45, 7) is 1.65. The predicted molar refractivity (Wildman–Crippen MR) is 103 cm³/mol. The van der Waals surface area contributed by atoms with Crippen LogP contribution in [0, 0.1) is 0 Å². The van der Waals surface area contributed by atoms with Crippen LogP contribution >= 0.6 is 11.6 Å². The van der Waals surface area contributed by atoms with Gasteiger partial charge < -0.3 is 19.7 Å². The summed E-state index contributed by atoms with van der Waals surface area (Å²) in [6.07, 6.45) is 2.51. The number of nitrogens with zero attached hydrogens (tertiary/aromatic N) is 1. The minimum atomic E-state index is -0.287. The van der Waals surface area contributed by atoms with Gasteiger partial charge in [-0.25, -0.2) is 0 Å². The smallest absolute Gasteiger partial charge is 0.255 e. The second-order valence-electron chi connectivity index (χ2n) is 6.48. The number of benzene rings is 2. The Hall–Kier alpha value is -2.73. The molecule has 2 aliphatic heterocycles. The van der Waals surface area contributed by atoms with Crippen molar-refractivity contribution in [2.24, 2.45) is 0 Å². The van der Waals surface area contributed by atoms with Crippen LogP contribution in [0.4, 0.5) is 11.4 Å². The zero-order valence-corrected chi connectivity index (χ0v) is 15.4. The van der Waals surface area contributed by atoms with Crippen LogP contribution in [0.5, 0.6) is 11.5 Å². The zero-order chi connectivity index (χ0) is 18.8. The van der Waals surface area contributed by atoms with Gasteiger partial charge in [0.15, 0.2) is 11.5 Å². The molecule has 2 aliphatic rings. The molecule has 0 radical (unpaired) electrons. The molecule has 4 rings (SSSR count). The Morgan fingerprint density at radius 2 is 1.74 bits per heavy atom. The minimum absolute atomic E-state index is 0.126. The van der Waals surface area contributed by atoms with Gasteiger partial charge in [0, 0.05) is 36.3 Å². The molecule has 1 N–H and O–H groups in total. The average molecular weight is 387 g/mol. The molecule has 27 heavy (non-hydrogen) atoms. The van der Waals surface area contributed by atoms with Crippen LogP contribution in [0.25, 0.3) is 0 Å². The number of carbonyl (C=O) groups excluding carboxylic acids is 2. The van der Waals surface area contributed by atoms with E-state index in [1.807, 2.05) is 0 Å². The fraction of sp³-hybridized carbons (Fsp3) is 0.300.